The molecule has 0 spiro atoms. The molecule has 0 heterocycles. The summed E-state index contributed by atoms with van der Waals surface area (Å²) >= 11 is 0. The molecule has 102 valence electrons. The third-order valence-corrected chi connectivity index (χ3v) is 4.39. The number of aliphatic hydroxyl groups excluding tert-OH is 1. The van der Waals surface area contributed by atoms with Gasteiger partial charge in [0.2, 0.25) is 0 Å². The zero-order valence-corrected chi connectivity index (χ0v) is 12.3. The summed E-state index contributed by atoms with van der Waals surface area (Å²) in [6, 6.07) is 0.384. The third-order valence-electron chi connectivity index (χ3n) is 4.39. The first-order chi connectivity index (χ1) is 7.91. The maximum absolute atomic E-state index is 10.2. The van der Waals surface area contributed by atoms with Gasteiger partial charge in [0.1, 0.15) is 0 Å². The van der Waals surface area contributed by atoms with E-state index in [1.165, 1.54) is 19.3 Å². The normalized spacial score (nSPS) is 30.5. The highest BCUT2D eigenvalue weighted by Crippen LogP contribution is 2.32. The summed E-state index contributed by atoms with van der Waals surface area (Å²) in [6.45, 7) is 10.3. The molecular formula is C15H31NO. The topological polar surface area (TPSA) is 23.5 Å². The fourth-order valence-electron chi connectivity index (χ4n) is 2.87. The molecule has 0 aromatic rings. The Morgan fingerprint density at radius 1 is 1.18 bits per heavy atom. The van der Waals surface area contributed by atoms with E-state index in [0.717, 1.165) is 30.7 Å². The van der Waals surface area contributed by atoms with Crippen LogP contribution in [0.2, 0.25) is 0 Å². The summed E-state index contributed by atoms with van der Waals surface area (Å²) in [4.78, 5) is 2.39. The van der Waals surface area contributed by atoms with Gasteiger partial charge in [-0.05, 0) is 57.0 Å². The van der Waals surface area contributed by atoms with E-state index in [1.54, 1.807) is 0 Å². The van der Waals surface area contributed by atoms with Gasteiger partial charge in [-0.1, -0.05) is 27.7 Å². The molecule has 1 fully saturated rings. The van der Waals surface area contributed by atoms with Gasteiger partial charge in [0.25, 0.3) is 0 Å². The number of nitrogens with zero attached hydrogens (tertiary/aromatic N) is 1. The number of hydrogen-bond donors (Lipinski definition) is 1. The molecule has 1 saturated carbocycles. The maximum Gasteiger partial charge on any atom is 0.0695 e. The molecule has 0 bridgehead atoms. The highest BCUT2D eigenvalue weighted by atomic mass is 16.3. The minimum absolute atomic E-state index is 0.109. The second-order valence-corrected chi connectivity index (χ2v) is 6.61. The average Bonchev–Trinajstić information content (AvgIpc) is 2.26. The molecule has 0 saturated heterocycles. The molecule has 3 unspecified atom stereocenters. The number of aliphatic hydroxyl groups is 1. The summed E-state index contributed by atoms with van der Waals surface area (Å²) in [6.07, 6.45) is 4.48. The molecule has 3 atom stereocenters. The first-order valence-corrected chi connectivity index (χ1v) is 7.30. The van der Waals surface area contributed by atoms with E-state index in [-0.39, 0.29) is 6.10 Å². The smallest absolute Gasteiger partial charge is 0.0695 e. The van der Waals surface area contributed by atoms with Crippen LogP contribution in [0.4, 0.5) is 0 Å². The Morgan fingerprint density at radius 2 is 1.82 bits per heavy atom. The molecule has 0 aromatic heterocycles. The van der Waals surface area contributed by atoms with Crippen molar-refractivity contribution in [3.8, 4) is 0 Å². The molecule has 0 aromatic carbocycles. The predicted octanol–water partition coefficient (Wildman–Crippen LogP) is 3.15. The number of likely N-dealkylation sites (N-methyl/N-ethyl adjacent to an activating group) is 1. The monoisotopic (exact) mass is 241 g/mol. The molecule has 2 heteroatoms. The molecule has 1 aliphatic rings. The van der Waals surface area contributed by atoms with E-state index in [4.69, 9.17) is 0 Å². The van der Waals surface area contributed by atoms with Gasteiger partial charge < -0.3 is 10.0 Å². The highest BCUT2D eigenvalue weighted by Gasteiger charge is 2.32. The average molecular weight is 241 g/mol. The van der Waals surface area contributed by atoms with Gasteiger partial charge >= 0.3 is 0 Å². The van der Waals surface area contributed by atoms with Crippen molar-refractivity contribution in [1.82, 2.24) is 4.90 Å². The molecule has 0 amide bonds. The maximum atomic E-state index is 10.2. The first kappa shape index (κ1) is 15.0. The molecule has 0 radical (unpaired) electrons. The lowest BCUT2D eigenvalue weighted by atomic mass is 9.77. The van der Waals surface area contributed by atoms with Gasteiger partial charge in [0.05, 0.1) is 6.10 Å². The summed E-state index contributed by atoms with van der Waals surface area (Å²) in [7, 11) is 2.18. The largest absolute Gasteiger partial charge is 0.391 e. The van der Waals surface area contributed by atoms with Crippen LogP contribution in [-0.2, 0) is 0 Å². The predicted molar refractivity (Wildman–Crippen MR) is 74.1 cm³/mol. The van der Waals surface area contributed by atoms with E-state index in [0.29, 0.717) is 6.04 Å². The van der Waals surface area contributed by atoms with Crippen molar-refractivity contribution >= 4 is 0 Å². The molecule has 1 N–H and O–H groups in total. The van der Waals surface area contributed by atoms with Crippen molar-refractivity contribution in [2.75, 3.05) is 13.6 Å². The molecule has 1 aliphatic carbocycles. The van der Waals surface area contributed by atoms with E-state index in [2.05, 4.69) is 39.6 Å². The molecule has 17 heavy (non-hydrogen) atoms. The minimum atomic E-state index is -0.109. The van der Waals surface area contributed by atoms with Crippen molar-refractivity contribution in [2.45, 2.75) is 65.5 Å². The number of rotatable bonds is 5. The van der Waals surface area contributed by atoms with Crippen molar-refractivity contribution in [1.29, 1.82) is 0 Å². The van der Waals surface area contributed by atoms with Crippen LogP contribution in [0.1, 0.15) is 53.4 Å². The highest BCUT2D eigenvalue weighted by molar-refractivity contribution is 4.86. The molecular weight excluding hydrogens is 210 g/mol. The standard InChI is InChI=1S/C15H31NO/c1-11(2)8-9-16(5)14-10-13(12(3)4)6-7-15(14)17/h11-15,17H,6-10H2,1-5H3. The molecule has 2 nitrogen and oxygen atoms in total. The lowest BCUT2D eigenvalue weighted by molar-refractivity contribution is 0.00484. The molecule has 0 aliphatic heterocycles. The van der Waals surface area contributed by atoms with Crippen LogP contribution in [0, 0.1) is 17.8 Å². The second kappa shape index (κ2) is 6.75. The van der Waals surface area contributed by atoms with Gasteiger partial charge in [0, 0.05) is 6.04 Å². The Bertz CT molecular complexity index is 215. The van der Waals surface area contributed by atoms with Crippen molar-refractivity contribution < 1.29 is 5.11 Å². The third kappa shape index (κ3) is 4.59. The SMILES string of the molecule is CC(C)CCN(C)C1CC(C(C)C)CCC1O. The van der Waals surface area contributed by atoms with Crippen LogP contribution in [0.25, 0.3) is 0 Å². The zero-order chi connectivity index (χ0) is 13.0. The molecule has 1 rings (SSSR count). The van der Waals surface area contributed by atoms with Crippen molar-refractivity contribution in [3.63, 3.8) is 0 Å². The fourth-order valence-corrected chi connectivity index (χ4v) is 2.87. The minimum Gasteiger partial charge on any atom is -0.391 e. The van der Waals surface area contributed by atoms with Crippen molar-refractivity contribution in [3.05, 3.63) is 0 Å². The van der Waals surface area contributed by atoms with E-state index >= 15 is 0 Å². The zero-order valence-electron chi connectivity index (χ0n) is 12.3. The van der Waals surface area contributed by atoms with Crippen LogP contribution < -0.4 is 0 Å². The summed E-state index contributed by atoms with van der Waals surface area (Å²) in [5, 5.41) is 10.2. The van der Waals surface area contributed by atoms with Gasteiger partial charge in [0.15, 0.2) is 0 Å². The van der Waals surface area contributed by atoms with Gasteiger partial charge in [-0.3, -0.25) is 0 Å². The van der Waals surface area contributed by atoms with Crippen LogP contribution in [0.15, 0.2) is 0 Å². The Labute approximate surface area is 107 Å². The van der Waals surface area contributed by atoms with Crippen LogP contribution in [0.3, 0.4) is 0 Å². The number of hydrogen-bond acceptors (Lipinski definition) is 2. The van der Waals surface area contributed by atoms with Crippen molar-refractivity contribution in [2.24, 2.45) is 17.8 Å². The lowest BCUT2D eigenvalue weighted by Gasteiger charge is -2.40. The Morgan fingerprint density at radius 3 is 2.35 bits per heavy atom. The summed E-state index contributed by atoms with van der Waals surface area (Å²) < 4.78 is 0. The van der Waals surface area contributed by atoms with Crippen LogP contribution in [-0.4, -0.2) is 35.7 Å². The second-order valence-electron chi connectivity index (χ2n) is 6.61. The Kier molecular flexibility index (Phi) is 5.94. The van der Waals surface area contributed by atoms with Crippen LogP contribution >= 0.6 is 0 Å². The fraction of sp³-hybridized carbons (Fsp3) is 1.00. The quantitative estimate of drug-likeness (QED) is 0.799. The van der Waals surface area contributed by atoms with Gasteiger partial charge in [-0.15, -0.1) is 0 Å². The summed E-state index contributed by atoms with van der Waals surface area (Å²) in [5.74, 6) is 2.30. The summed E-state index contributed by atoms with van der Waals surface area (Å²) in [5.41, 5.74) is 0. The van der Waals surface area contributed by atoms with E-state index < -0.39 is 0 Å². The van der Waals surface area contributed by atoms with E-state index in [1.807, 2.05) is 0 Å². The van der Waals surface area contributed by atoms with E-state index in [9.17, 15) is 5.11 Å². The van der Waals surface area contributed by atoms with Gasteiger partial charge in [-0.2, -0.15) is 0 Å². The Hall–Kier alpha value is -0.0800. The first-order valence-electron chi connectivity index (χ1n) is 7.30. The lowest BCUT2D eigenvalue weighted by Crippen LogP contribution is -2.46. The Balaban J connectivity index is 2.48. The van der Waals surface area contributed by atoms with Crippen LogP contribution in [0.5, 0.6) is 0 Å². The van der Waals surface area contributed by atoms with Gasteiger partial charge in [-0.25, -0.2) is 0 Å².